The summed E-state index contributed by atoms with van der Waals surface area (Å²) in [6, 6.07) is 0. The second-order valence-corrected chi connectivity index (χ2v) is 4.88. The van der Waals surface area contributed by atoms with Gasteiger partial charge in [-0.2, -0.15) is 8.42 Å². The van der Waals surface area contributed by atoms with Crippen molar-refractivity contribution in [2.24, 2.45) is 5.92 Å². The molecule has 0 aromatic carbocycles. The first-order valence-corrected chi connectivity index (χ1v) is 6.03. The third-order valence-electron chi connectivity index (χ3n) is 2.43. The topological polar surface area (TPSA) is 83.8 Å². The van der Waals surface area contributed by atoms with E-state index < -0.39 is 21.3 Å². The van der Waals surface area contributed by atoms with Gasteiger partial charge in [0, 0.05) is 5.92 Å². The SMILES string of the molecule is CCC1C(OC)=C(O)C=CC1S(=O)(=O)O. The fraction of sp³-hybridized carbons (Fsp3) is 0.556. The van der Waals surface area contributed by atoms with Gasteiger partial charge in [0.2, 0.25) is 0 Å². The van der Waals surface area contributed by atoms with Crippen molar-refractivity contribution in [1.29, 1.82) is 0 Å². The minimum Gasteiger partial charge on any atom is -0.504 e. The van der Waals surface area contributed by atoms with Crippen molar-refractivity contribution in [1.82, 2.24) is 0 Å². The molecule has 0 saturated carbocycles. The molecule has 0 bridgehead atoms. The lowest BCUT2D eigenvalue weighted by Gasteiger charge is -2.26. The predicted octanol–water partition coefficient (Wildman–Crippen LogP) is 1.25. The zero-order chi connectivity index (χ0) is 11.6. The fourth-order valence-corrected chi connectivity index (χ4v) is 2.73. The van der Waals surface area contributed by atoms with Crippen LogP contribution in [0, 0.1) is 5.92 Å². The van der Waals surface area contributed by atoms with Crippen LogP contribution in [-0.2, 0) is 14.9 Å². The van der Waals surface area contributed by atoms with Crippen molar-refractivity contribution in [2.75, 3.05) is 7.11 Å². The van der Waals surface area contributed by atoms with Crippen molar-refractivity contribution < 1.29 is 22.8 Å². The Morgan fingerprint density at radius 2 is 2.13 bits per heavy atom. The number of ether oxygens (including phenoxy) is 1. The molecule has 0 amide bonds. The lowest BCUT2D eigenvalue weighted by atomic mass is 9.94. The first-order valence-electron chi connectivity index (χ1n) is 4.53. The van der Waals surface area contributed by atoms with Crippen LogP contribution in [0.3, 0.4) is 0 Å². The average molecular weight is 234 g/mol. The third kappa shape index (κ3) is 2.32. The predicted molar refractivity (Wildman–Crippen MR) is 54.9 cm³/mol. The Morgan fingerprint density at radius 1 is 1.53 bits per heavy atom. The molecule has 0 radical (unpaired) electrons. The highest BCUT2D eigenvalue weighted by atomic mass is 32.2. The standard InChI is InChI=1S/C9H14O5S/c1-3-6-8(15(11,12)13)5-4-7(10)9(6)14-2/h4-6,8,10H,3H2,1-2H3,(H,11,12,13). The van der Waals surface area contributed by atoms with Gasteiger partial charge in [-0.1, -0.05) is 13.0 Å². The van der Waals surface area contributed by atoms with Gasteiger partial charge < -0.3 is 9.84 Å². The molecule has 1 aliphatic carbocycles. The van der Waals surface area contributed by atoms with Crippen molar-refractivity contribution in [2.45, 2.75) is 18.6 Å². The van der Waals surface area contributed by atoms with E-state index in [1.54, 1.807) is 6.92 Å². The van der Waals surface area contributed by atoms with Crippen LogP contribution in [-0.4, -0.2) is 30.4 Å². The molecular weight excluding hydrogens is 220 g/mol. The summed E-state index contributed by atoms with van der Waals surface area (Å²) in [5, 5.41) is 8.40. The summed E-state index contributed by atoms with van der Waals surface area (Å²) in [6.45, 7) is 1.76. The zero-order valence-corrected chi connectivity index (χ0v) is 9.36. The number of aliphatic hydroxyl groups is 1. The minimum atomic E-state index is -4.17. The first kappa shape index (κ1) is 12.1. The van der Waals surface area contributed by atoms with Gasteiger partial charge in [0.15, 0.2) is 5.76 Å². The van der Waals surface area contributed by atoms with E-state index in [1.165, 1.54) is 19.3 Å². The van der Waals surface area contributed by atoms with E-state index in [0.717, 1.165) is 0 Å². The van der Waals surface area contributed by atoms with Crippen molar-refractivity contribution in [3.8, 4) is 0 Å². The van der Waals surface area contributed by atoms with E-state index in [1.807, 2.05) is 0 Å². The largest absolute Gasteiger partial charge is 0.504 e. The maximum atomic E-state index is 11.1. The van der Waals surface area contributed by atoms with Gasteiger partial charge in [-0.25, -0.2) is 0 Å². The Bertz CT molecular complexity index is 393. The van der Waals surface area contributed by atoms with Crippen LogP contribution in [0.2, 0.25) is 0 Å². The highest BCUT2D eigenvalue weighted by Crippen LogP contribution is 2.31. The van der Waals surface area contributed by atoms with Gasteiger partial charge in [-0.05, 0) is 12.5 Å². The highest BCUT2D eigenvalue weighted by Gasteiger charge is 2.36. The molecule has 5 nitrogen and oxygen atoms in total. The van der Waals surface area contributed by atoms with Crippen LogP contribution in [0.1, 0.15) is 13.3 Å². The van der Waals surface area contributed by atoms with Crippen molar-refractivity contribution >= 4 is 10.1 Å². The van der Waals surface area contributed by atoms with Crippen LogP contribution < -0.4 is 0 Å². The normalized spacial score (nSPS) is 26.9. The number of allylic oxidation sites excluding steroid dienone is 2. The van der Waals surface area contributed by atoms with E-state index in [9.17, 15) is 13.5 Å². The number of hydrogen-bond acceptors (Lipinski definition) is 4. The number of rotatable bonds is 3. The van der Waals surface area contributed by atoms with Gasteiger partial charge in [-0.15, -0.1) is 0 Å². The van der Waals surface area contributed by atoms with Gasteiger partial charge in [-0.3, -0.25) is 4.55 Å². The monoisotopic (exact) mass is 234 g/mol. The number of hydrogen-bond donors (Lipinski definition) is 2. The molecule has 0 heterocycles. The van der Waals surface area contributed by atoms with Gasteiger partial charge >= 0.3 is 0 Å². The lowest BCUT2D eigenvalue weighted by Crippen LogP contribution is -2.31. The molecule has 0 aliphatic heterocycles. The quantitative estimate of drug-likeness (QED) is 0.718. The number of methoxy groups -OCH3 is 1. The molecule has 0 aromatic heterocycles. The van der Waals surface area contributed by atoms with E-state index in [-0.39, 0.29) is 11.5 Å². The minimum absolute atomic E-state index is 0.0933. The molecule has 15 heavy (non-hydrogen) atoms. The Hall–Kier alpha value is -1.01. The summed E-state index contributed by atoms with van der Waals surface area (Å²) < 4.78 is 36.1. The molecule has 2 atom stereocenters. The molecule has 0 aromatic rings. The summed E-state index contributed by atoms with van der Waals surface area (Å²) in [4.78, 5) is 0. The molecule has 0 saturated heterocycles. The molecule has 2 unspecified atom stereocenters. The molecule has 1 rings (SSSR count). The second-order valence-electron chi connectivity index (χ2n) is 3.31. The van der Waals surface area contributed by atoms with Crippen molar-refractivity contribution in [3.05, 3.63) is 23.7 Å². The van der Waals surface area contributed by atoms with E-state index in [2.05, 4.69) is 0 Å². The molecule has 6 heteroatoms. The van der Waals surface area contributed by atoms with Gasteiger partial charge in [0.25, 0.3) is 10.1 Å². The first-order chi connectivity index (χ1) is 6.91. The van der Waals surface area contributed by atoms with E-state index in [4.69, 9.17) is 9.29 Å². The van der Waals surface area contributed by atoms with E-state index in [0.29, 0.717) is 6.42 Å². The molecule has 1 aliphatic rings. The maximum absolute atomic E-state index is 11.1. The highest BCUT2D eigenvalue weighted by molar-refractivity contribution is 7.86. The van der Waals surface area contributed by atoms with E-state index >= 15 is 0 Å². The number of aliphatic hydroxyl groups excluding tert-OH is 1. The van der Waals surface area contributed by atoms with Gasteiger partial charge in [0.05, 0.1) is 7.11 Å². The van der Waals surface area contributed by atoms with Crippen LogP contribution in [0.5, 0.6) is 0 Å². The van der Waals surface area contributed by atoms with Gasteiger partial charge in [0.1, 0.15) is 11.0 Å². The fourth-order valence-electron chi connectivity index (χ4n) is 1.72. The smallest absolute Gasteiger partial charge is 0.272 e. The summed E-state index contributed by atoms with van der Waals surface area (Å²) in [7, 11) is -2.81. The van der Waals surface area contributed by atoms with Crippen LogP contribution in [0.15, 0.2) is 23.7 Å². The van der Waals surface area contributed by atoms with Crippen LogP contribution in [0.4, 0.5) is 0 Å². The summed E-state index contributed by atoms with van der Waals surface area (Å²) in [5.41, 5.74) is 0. The Morgan fingerprint density at radius 3 is 2.53 bits per heavy atom. The van der Waals surface area contributed by atoms with Crippen LogP contribution in [0.25, 0.3) is 0 Å². The Balaban J connectivity index is 3.15. The molecule has 2 N–H and O–H groups in total. The lowest BCUT2D eigenvalue weighted by molar-refractivity contribution is 0.207. The summed E-state index contributed by atoms with van der Waals surface area (Å²) in [5.74, 6) is -0.443. The molecule has 86 valence electrons. The summed E-state index contributed by atoms with van der Waals surface area (Å²) in [6.07, 6.45) is 2.94. The van der Waals surface area contributed by atoms with Crippen molar-refractivity contribution in [3.63, 3.8) is 0 Å². The summed E-state index contributed by atoms with van der Waals surface area (Å²) >= 11 is 0. The zero-order valence-electron chi connectivity index (χ0n) is 8.54. The molecule has 0 spiro atoms. The Kier molecular flexibility index (Phi) is 3.41. The second kappa shape index (κ2) is 4.24. The third-order valence-corrected chi connectivity index (χ3v) is 3.61. The maximum Gasteiger partial charge on any atom is 0.272 e. The Labute approximate surface area is 88.8 Å². The van der Waals surface area contributed by atoms with Crippen LogP contribution >= 0.6 is 0 Å². The average Bonchev–Trinajstić information content (AvgIpc) is 2.15. The molecule has 0 fully saturated rings. The molecular formula is C9H14O5S.